The third kappa shape index (κ3) is 3.62. The number of nitrogens with two attached hydrogens (primary N) is 3. The van der Waals surface area contributed by atoms with Gasteiger partial charge in [-0.3, -0.25) is 14.4 Å². The molecule has 0 saturated carbocycles. The molecule has 2 aliphatic rings. The minimum Gasteiger partial charge on any atom is -0.391 e. The Labute approximate surface area is 163 Å². The second kappa shape index (κ2) is 8.52. The number of hydrogen-bond acceptors (Lipinski definition) is 7. The van der Waals surface area contributed by atoms with Crippen molar-refractivity contribution in [2.75, 3.05) is 19.7 Å². The number of aliphatic hydroxyl groups excluding tert-OH is 2. The van der Waals surface area contributed by atoms with Crippen molar-refractivity contribution in [1.29, 1.82) is 0 Å². The van der Waals surface area contributed by atoms with Gasteiger partial charge in [-0.15, -0.1) is 0 Å². The van der Waals surface area contributed by atoms with Crippen molar-refractivity contribution in [1.82, 2.24) is 4.90 Å². The van der Waals surface area contributed by atoms with E-state index >= 15 is 0 Å². The zero-order valence-corrected chi connectivity index (χ0v) is 16.0. The van der Waals surface area contributed by atoms with Crippen molar-refractivity contribution in [3.8, 4) is 0 Å². The van der Waals surface area contributed by atoms with Gasteiger partial charge in [-0.05, 0) is 19.8 Å². The summed E-state index contributed by atoms with van der Waals surface area (Å²) >= 11 is 0. The maximum absolute atomic E-state index is 13.6. The average molecular weight is 400 g/mol. The van der Waals surface area contributed by atoms with Gasteiger partial charge in [0.25, 0.3) is 11.8 Å². The fourth-order valence-electron chi connectivity index (χ4n) is 4.52. The van der Waals surface area contributed by atoms with Crippen LogP contribution >= 0.6 is 0 Å². The van der Waals surface area contributed by atoms with Crippen LogP contribution in [0.1, 0.15) is 32.6 Å². The summed E-state index contributed by atoms with van der Waals surface area (Å²) in [6, 6.07) is -4.49. The molecule has 11 heteroatoms. The lowest BCUT2D eigenvalue weighted by Crippen LogP contribution is -2.72. The molecule has 2 heterocycles. The fourth-order valence-corrected chi connectivity index (χ4v) is 4.52. The van der Waals surface area contributed by atoms with Crippen molar-refractivity contribution in [2.24, 2.45) is 17.2 Å². The summed E-state index contributed by atoms with van der Waals surface area (Å²) in [7, 11) is 0. The first-order chi connectivity index (χ1) is 13.1. The average Bonchev–Trinajstić information content (AvgIpc) is 3.27. The van der Waals surface area contributed by atoms with Crippen LogP contribution in [0, 0.1) is 0 Å². The lowest BCUT2D eigenvalue weighted by atomic mass is 10.0. The van der Waals surface area contributed by atoms with Gasteiger partial charge in [0, 0.05) is 19.4 Å². The van der Waals surface area contributed by atoms with Crippen LogP contribution < -0.4 is 17.2 Å². The molecule has 2 unspecified atom stereocenters. The molecule has 8 N–H and O–H groups in total. The van der Waals surface area contributed by atoms with Crippen LogP contribution in [0.3, 0.4) is 0 Å². The first kappa shape index (κ1) is 22.2. The van der Waals surface area contributed by atoms with E-state index in [1.165, 1.54) is 11.8 Å². The molecule has 2 fully saturated rings. The van der Waals surface area contributed by atoms with E-state index in [-0.39, 0.29) is 19.5 Å². The Bertz CT molecular complexity index is 656. The Morgan fingerprint density at radius 1 is 1.18 bits per heavy atom. The van der Waals surface area contributed by atoms with Crippen LogP contribution in [-0.4, -0.2) is 93.2 Å². The van der Waals surface area contributed by atoms with E-state index in [4.69, 9.17) is 17.2 Å². The summed E-state index contributed by atoms with van der Waals surface area (Å²) < 4.78 is -0.681. The molecular weight excluding hydrogens is 370 g/mol. The van der Waals surface area contributed by atoms with Crippen LogP contribution in [0.2, 0.25) is 0 Å². The third-order valence-corrected chi connectivity index (χ3v) is 5.98. The smallest absolute Gasteiger partial charge is 0.337 e. The van der Waals surface area contributed by atoms with E-state index in [2.05, 4.69) is 0 Å². The molecule has 11 nitrogen and oxygen atoms in total. The van der Waals surface area contributed by atoms with Gasteiger partial charge in [-0.25, -0.2) is 9.28 Å². The highest BCUT2D eigenvalue weighted by Crippen LogP contribution is 2.35. The highest BCUT2D eigenvalue weighted by Gasteiger charge is 2.60. The summed E-state index contributed by atoms with van der Waals surface area (Å²) in [6.45, 7) is 1.03. The number of primary amides is 2. The number of likely N-dealkylation sites (tertiary alicyclic amines) is 2. The highest BCUT2D eigenvalue weighted by molar-refractivity contribution is 5.91. The van der Waals surface area contributed by atoms with E-state index in [9.17, 15) is 29.4 Å². The van der Waals surface area contributed by atoms with Crippen molar-refractivity contribution in [3.05, 3.63) is 0 Å². The molecule has 6 atom stereocenters. The van der Waals surface area contributed by atoms with Gasteiger partial charge in [0.2, 0.25) is 5.91 Å². The molecule has 4 amide bonds. The molecular formula is C17H30N5O6+. The first-order valence-electron chi connectivity index (χ1n) is 9.45. The Kier molecular flexibility index (Phi) is 6.75. The summed E-state index contributed by atoms with van der Waals surface area (Å²) in [5.41, 5.74) is 16.7. The lowest BCUT2D eigenvalue weighted by molar-refractivity contribution is -0.874. The van der Waals surface area contributed by atoms with Gasteiger partial charge in [-0.1, -0.05) is 0 Å². The fraction of sp³-hybridized carbons (Fsp3) is 0.765. The number of hydrogen-bond donors (Lipinski definition) is 5. The van der Waals surface area contributed by atoms with Crippen LogP contribution in [0.5, 0.6) is 0 Å². The van der Waals surface area contributed by atoms with Crippen LogP contribution in [0.4, 0.5) is 0 Å². The zero-order chi connectivity index (χ0) is 21.2. The van der Waals surface area contributed by atoms with Crippen molar-refractivity contribution in [3.63, 3.8) is 0 Å². The molecule has 0 aliphatic carbocycles. The topological polar surface area (TPSA) is 190 Å². The van der Waals surface area contributed by atoms with E-state index in [1.807, 2.05) is 0 Å². The number of rotatable bonds is 7. The van der Waals surface area contributed by atoms with Crippen molar-refractivity contribution >= 4 is 23.6 Å². The largest absolute Gasteiger partial charge is 0.391 e. The molecule has 2 saturated heterocycles. The normalized spacial score (nSPS) is 30.6. The molecule has 0 radical (unpaired) electrons. The maximum Gasteiger partial charge on any atom is 0.337 e. The predicted molar refractivity (Wildman–Crippen MR) is 96.8 cm³/mol. The molecule has 28 heavy (non-hydrogen) atoms. The predicted octanol–water partition coefficient (Wildman–Crippen LogP) is -3.48. The molecule has 158 valence electrons. The van der Waals surface area contributed by atoms with Gasteiger partial charge in [0.15, 0.2) is 12.1 Å². The summed E-state index contributed by atoms with van der Waals surface area (Å²) in [5, 5.41) is 19.4. The van der Waals surface area contributed by atoms with Gasteiger partial charge in [0.05, 0.1) is 12.6 Å². The maximum atomic E-state index is 13.6. The molecule has 0 aromatic rings. The van der Waals surface area contributed by atoms with Crippen molar-refractivity contribution in [2.45, 2.75) is 62.9 Å². The van der Waals surface area contributed by atoms with Crippen LogP contribution in [0.25, 0.3) is 0 Å². The molecule has 0 aromatic heterocycles. The standard InChI is InChI=1S/C17H29N5O6/c1-9(24)13(18)16(27)21-6-2-4-10(21)17(28)22(12(8-23)15(20)26)7-3-5-11(22)14(19)25/h9-13,23-24H,2-8,18H2,1H3,(H3-,19,20,25,26)/p+1/t9-,10+,11?,12+,13+,22?/m1/s1. The molecule has 0 aromatic carbocycles. The molecule has 2 aliphatic heterocycles. The SMILES string of the molecule is C[C@@H](O)[C@H](N)C(=O)N1CCC[C@H]1C(=O)[N+]1([C@@H](CO)C(N)=O)CCCC1C(N)=O. The quantitative estimate of drug-likeness (QED) is 0.274. The van der Waals surface area contributed by atoms with Crippen LogP contribution in [-0.2, 0) is 19.2 Å². The first-order valence-corrected chi connectivity index (χ1v) is 9.45. The number of amides is 4. The van der Waals surface area contributed by atoms with E-state index in [0.717, 1.165) is 0 Å². The molecule has 2 rings (SSSR count). The number of carbonyl (C=O) groups is 4. The van der Waals surface area contributed by atoms with Gasteiger partial charge in [-0.2, -0.15) is 0 Å². The number of nitrogens with zero attached hydrogens (tertiary/aromatic N) is 2. The lowest BCUT2D eigenvalue weighted by Gasteiger charge is -2.43. The monoisotopic (exact) mass is 400 g/mol. The van der Waals surface area contributed by atoms with Crippen LogP contribution in [0.15, 0.2) is 0 Å². The summed E-state index contributed by atoms with van der Waals surface area (Å²) in [5.74, 6) is -2.82. The minimum absolute atomic E-state index is 0.113. The zero-order valence-electron chi connectivity index (χ0n) is 16.0. The Morgan fingerprint density at radius 2 is 1.82 bits per heavy atom. The molecule has 0 bridgehead atoms. The highest BCUT2D eigenvalue weighted by atomic mass is 16.3. The Balaban J connectivity index is 2.46. The summed E-state index contributed by atoms with van der Waals surface area (Å²) in [6.07, 6.45) is 0.457. The van der Waals surface area contributed by atoms with Gasteiger partial charge < -0.3 is 32.3 Å². The molecule has 0 spiro atoms. The van der Waals surface area contributed by atoms with Gasteiger partial charge >= 0.3 is 5.91 Å². The number of quaternary nitrogens is 1. The number of carbonyl (C=O) groups excluding carboxylic acids is 4. The third-order valence-electron chi connectivity index (χ3n) is 5.98. The Hall–Kier alpha value is -2.08. The van der Waals surface area contributed by atoms with E-state index < -0.39 is 65.0 Å². The van der Waals surface area contributed by atoms with E-state index in [0.29, 0.717) is 19.3 Å². The second-order valence-corrected chi connectivity index (χ2v) is 7.61. The minimum atomic E-state index is -1.34. The van der Waals surface area contributed by atoms with E-state index in [1.54, 1.807) is 0 Å². The second-order valence-electron chi connectivity index (χ2n) is 7.61. The Morgan fingerprint density at radius 3 is 2.32 bits per heavy atom. The van der Waals surface area contributed by atoms with Gasteiger partial charge in [0.1, 0.15) is 18.7 Å². The summed E-state index contributed by atoms with van der Waals surface area (Å²) in [4.78, 5) is 51.7. The number of aliphatic hydroxyl groups is 2. The van der Waals surface area contributed by atoms with Crippen molar-refractivity contribution < 1.29 is 33.9 Å².